The number of rotatable bonds is 6. The Kier molecular flexibility index (Phi) is 6.01. The predicted molar refractivity (Wildman–Crippen MR) is 133 cm³/mol. The molecule has 3 heterocycles. The van der Waals surface area contributed by atoms with E-state index >= 15 is 0 Å². The number of pyridine rings is 2. The van der Waals surface area contributed by atoms with Gasteiger partial charge in [-0.05, 0) is 74.6 Å². The highest BCUT2D eigenvalue weighted by Crippen LogP contribution is 2.28. The minimum atomic E-state index is -0.172. The van der Waals surface area contributed by atoms with Crippen molar-refractivity contribution >= 4 is 23.3 Å². The van der Waals surface area contributed by atoms with Crippen LogP contribution in [0, 0.1) is 6.92 Å². The van der Waals surface area contributed by atoms with E-state index in [2.05, 4.69) is 20.2 Å². The number of anilines is 2. The van der Waals surface area contributed by atoms with Gasteiger partial charge in [-0.15, -0.1) is 0 Å². The maximum Gasteiger partial charge on any atom is 0.255 e. The van der Waals surface area contributed by atoms with Crippen molar-refractivity contribution in [1.82, 2.24) is 14.9 Å². The van der Waals surface area contributed by atoms with Crippen molar-refractivity contribution in [2.75, 3.05) is 30.4 Å². The summed E-state index contributed by atoms with van der Waals surface area (Å²) in [5, 5.41) is 3.00. The Balaban J connectivity index is 1.32. The molecule has 1 saturated heterocycles. The van der Waals surface area contributed by atoms with E-state index in [9.17, 15) is 9.59 Å². The number of aryl methyl sites for hydroxylation is 1. The fraction of sp³-hybridized carbons (Fsp3) is 0.333. The lowest BCUT2D eigenvalue weighted by molar-refractivity contribution is 0.0784. The molecule has 0 bridgehead atoms. The second-order valence-corrected chi connectivity index (χ2v) is 9.16. The molecule has 3 aromatic rings. The average molecular weight is 456 g/mol. The first kappa shape index (κ1) is 22.1. The lowest BCUT2D eigenvalue weighted by Gasteiger charge is -2.17. The third kappa shape index (κ3) is 4.64. The molecule has 0 unspecified atom stereocenters. The summed E-state index contributed by atoms with van der Waals surface area (Å²) >= 11 is 0. The van der Waals surface area contributed by atoms with Crippen LogP contribution in [0.15, 0.2) is 54.9 Å². The highest BCUT2D eigenvalue weighted by Gasteiger charge is 2.30. The van der Waals surface area contributed by atoms with Crippen LogP contribution in [0.2, 0.25) is 0 Å². The van der Waals surface area contributed by atoms with Gasteiger partial charge in [0.15, 0.2) is 0 Å². The van der Waals surface area contributed by atoms with E-state index in [4.69, 9.17) is 0 Å². The van der Waals surface area contributed by atoms with Gasteiger partial charge in [0, 0.05) is 55.4 Å². The van der Waals surface area contributed by atoms with Crippen LogP contribution in [-0.2, 0) is 0 Å². The number of hydrogen-bond acceptors (Lipinski definition) is 5. The molecule has 2 fully saturated rings. The number of hydrogen-bond donors (Lipinski definition) is 1. The fourth-order valence-electron chi connectivity index (χ4n) is 4.37. The molecule has 34 heavy (non-hydrogen) atoms. The van der Waals surface area contributed by atoms with Gasteiger partial charge in [0.1, 0.15) is 5.82 Å². The number of nitrogens with zero attached hydrogens (tertiary/aromatic N) is 4. The third-order valence-electron chi connectivity index (χ3n) is 6.63. The second kappa shape index (κ2) is 9.25. The lowest BCUT2D eigenvalue weighted by Crippen LogP contribution is -2.28. The van der Waals surface area contributed by atoms with Gasteiger partial charge in [-0.2, -0.15) is 0 Å². The van der Waals surface area contributed by atoms with Crippen molar-refractivity contribution in [3.63, 3.8) is 0 Å². The maximum absolute atomic E-state index is 12.9. The Labute approximate surface area is 199 Å². The number of aromatic nitrogens is 2. The van der Waals surface area contributed by atoms with E-state index in [1.807, 2.05) is 50.4 Å². The molecule has 7 nitrogen and oxygen atoms in total. The number of nitrogens with one attached hydrogen (secondary N) is 1. The Morgan fingerprint density at radius 2 is 1.79 bits per heavy atom. The first-order valence-electron chi connectivity index (χ1n) is 11.9. The summed E-state index contributed by atoms with van der Waals surface area (Å²) in [4.78, 5) is 38.5. The molecule has 2 aliphatic rings. The van der Waals surface area contributed by atoms with Crippen molar-refractivity contribution in [2.45, 2.75) is 38.6 Å². The highest BCUT2D eigenvalue weighted by molar-refractivity contribution is 6.05. The first-order valence-corrected chi connectivity index (χ1v) is 11.9. The number of carbonyl (C=O) groups excluding carboxylic acids is 2. The van der Waals surface area contributed by atoms with Crippen LogP contribution in [0.4, 0.5) is 11.5 Å². The van der Waals surface area contributed by atoms with Gasteiger partial charge in [0.25, 0.3) is 11.8 Å². The Morgan fingerprint density at radius 1 is 1.00 bits per heavy atom. The Bertz CT molecular complexity index is 1210. The summed E-state index contributed by atoms with van der Waals surface area (Å²) in [7, 11) is 1.85. The summed E-state index contributed by atoms with van der Waals surface area (Å²) in [6.07, 6.45) is 7.79. The standard InChI is InChI=1S/C27H29N5O2/c1-18-5-7-21(30-26(33)19-11-12-28-25(15-19)32-13-3-4-14-32)16-23(18)24-10-6-20(17-29-24)27(34)31(2)22-8-9-22/h5-7,10-12,15-17,22H,3-4,8-9,13-14H2,1-2H3,(H,30,33). The smallest absolute Gasteiger partial charge is 0.255 e. The molecule has 1 aromatic carbocycles. The van der Waals surface area contributed by atoms with E-state index in [0.29, 0.717) is 22.9 Å². The van der Waals surface area contributed by atoms with Crippen LogP contribution in [0.3, 0.4) is 0 Å². The molecule has 174 valence electrons. The van der Waals surface area contributed by atoms with Crippen LogP contribution < -0.4 is 10.2 Å². The normalized spacial score (nSPS) is 15.3. The minimum Gasteiger partial charge on any atom is -0.357 e. The van der Waals surface area contributed by atoms with Crippen molar-refractivity contribution in [1.29, 1.82) is 0 Å². The van der Waals surface area contributed by atoms with Crippen LogP contribution in [0.1, 0.15) is 52.0 Å². The maximum atomic E-state index is 12.9. The Morgan fingerprint density at radius 3 is 2.50 bits per heavy atom. The lowest BCUT2D eigenvalue weighted by atomic mass is 10.0. The summed E-state index contributed by atoms with van der Waals surface area (Å²) in [6, 6.07) is 13.4. The topological polar surface area (TPSA) is 78.4 Å². The molecule has 1 saturated carbocycles. The zero-order valence-corrected chi connectivity index (χ0v) is 19.6. The molecule has 0 radical (unpaired) electrons. The molecule has 2 aromatic heterocycles. The Hall–Kier alpha value is -3.74. The SMILES string of the molecule is Cc1ccc(NC(=O)c2ccnc(N3CCCC3)c2)cc1-c1ccc(C(=O)N(C)C2CC2)cn1. The van der Waals surface area contributed by atoms with E-state index in [1.54, 1.807) is 23.4 Å². The summed E-state index contributed by atoms with van der Waals surface area (Å²) in [5.74, 6) is 0.681. The van der Waals surface area contributed by atoms with Gasteiger partial charge >= 0.3 is 0 Å². The molecule has 0 atom stereocenters. The number of amides is 2. The van der Waals surface area contributed by atoms with E-state index < -0.39 is 0 Å². The zero-order valence-electron chi connectivity index (χ0n) is 19.6. The quantitative estimate of drug-likeness (QED) is 0.590. The van der Waals surface area contributed by atoms with Crippen molar-refractivity contribution in [3.8, 4) is 11.3 Å². The van der Waals surface area contributed by atoms with Crippen LogP contribution in [-0.4, -0.2) is 52.9 Å². The first-order chi connectivity index (χ1) is 16.5. The largest absolute Gasteiger partial charge is 0.357 e. The van der Waals surface area contributed by atoms with Gasteiger partial charge in [0.05, 0.1) is 11.3 Å². The summed E-state index contributed by atoms with van der Waals surface area (Å²) < 4.78 is 0. The molecular weight excluding hydrogens is 426 g/mol. The van der Waals surface area contributed by atoms with E-state index in [-0.39, 0.29) is 11.8 Å². The summed E-state index contributed by atoms with van der Waals surface area (Å²) in [6.45, 7) is 3.97. The molecule has 1 N–H and O–H groups in total. The van der Waals surface area contributed by atoms with Gasteiger partial charge in [-0.25, -0.2) is 4.98 Å². The van der Waals surface area contributed by atoms with Gasteiger partial charge in [-0.3, -0.25) is 14.6 Å². The monoisotopic (exact) mass is 455 g/mol. The highest BCUT2D eigenvalue weighted by atomic mass is 16.2. The molecule has 0 spiro atoms. The molecule has 1 aliphatic heterocycles. The number of carbonyl (C=O) groups is 2. The van der Waals surface area contributed by atoms with Crippen LogP contribution in [0.5, 0.6) is 0 Å². The molecule has 7 heteroatoms. The van der Waals surface area contributed by atoms with Crippen molar-refractivity contribution in [3.05, 3.63) is 71.5 Å². The van der Waals surface area contributed by atoms with Crippen LogP contribution >= 0.6 is 0 Å². The van der Waals surface area contributed by atoms with Crippen molar-refractivity contribution < 1.29 is 9.59 Å². The molecule has 1 aliphatic carbocycles. The molecular formula is C27H29N5O2. The second-order valence-electron chi connectivity index (χ2n) is 9.16. The average Bonchev–Trinajstić information content (AvgIpc) is 3.57. The molecule has 2 amide bonds. The third-order valence-corrected chi connectivity index (χ3v) is 6.63. The summed E-state index contributed by atoms with van der Waals surface area (Å²) in [5.41, 5.74) is 4.59. The van der Waals surface area contributed by atoms with Gasteiger partial charge in [-0.1, -0.05) is 6.07 Å². The number of benzene rings is 1. The predicted octanol–water partition coefficient (Wildman–Crippen LogP) is 4.54. The minimum absolute atomic E-state index is 0.00457. The van der Waals surface area contributed by atoms with Gasteiger partial charge < -0.3 is 15.1 Å². The van der Waals surface area contributed by atoms with Crippen molar-refractivity contribution in [2.24, 2.45) is 0 Å². The molecule has 5 rings (SSSR count). The van der Waals surface area contributed by atoms with E-state index in [1.165, 1.54) is 0 Å². The van der Waals surface area contributed by atoms with Crippen LogP contribution in [0.25, 0.3) is 11.3 Å². The van der Waals surface area contributed by atoms with Gasteiger partial charge in [0.2, 0.25) is 0 Å². The zero-order chi connectivity index (χ0) is 23.7. The van der Waals surface area contributed by atoms with E-state index in [0.717, 1.165) is 61.4 Å². The fourth-order valence-corrected chi connectivity index (χ4v) is 4.37.